The average Bonchev–Trinajstić information content (AvgIpc) is 2.81. The number of benzene rings is 1. The lowest BCUT2D eigenvalue weighted by Crippen LogP contribution is -2.17. The number of nitrogens with zero attached hydrogens (tertiary/aromatic N) is 1. The number of anilines is 1. The Morgan fingerprint density at radius 1 is 1.39 bits per heavy atom. The maximum atomic E-state index is 11.0. The third-order valence-corrected chi connectivity index (χ3v) is 2.82. The van der Waals surface area contributed by atoms with Crippen molar-refractivity contribution in [2.24, 2.45) is 0 Å². The lowest BCUT2D eigenvalue weighted by atomic mass is 10.1. The number of hydrogen-bond donors (Lipinski definition) is 2. The Balaban J connectivity index is 2.36. The Hall–Kier alpha value is -2.37. The van der Waals surface area contributed by atoms with Crippen LogP contribution in [0.15, 0.2) is 30.4 Å². The lowest BCUT2D eigenvalue weighted by molar-refractivity contribution is -0.384. The summed E-state index contributed by atoms with van der Waals surface area (Å²) in [6.45, 7) is 0. The molecule has 1 aromatic carbocycles. The lowest BCUT2D eigenvalue weighted by Gasteiger charge is -2.14. The van der Waals surface area contributed by atoms with Gasteiger partial charge in [0.1, 0.15) is 11.3 Å². The molecule has 6 nitrogen and oxygen atoms in total. The van der Waals surface area contributed by atoms with Crippen LogP contribution in [0, 0.1) is 10.1 Å². The minimum Gasteiger partial charge on any atom is -0.477 e. The van der Waals surface area contributed by atoms with Gasteiger partial charge in [0.25, 0.3) is 0 Å². The van der Waals surface area contributed by atoms with Crippen molar-refractivity contribution in [1.82, 2.24) is 0 Å². The van der Waals surface area contributed by atoms with E-state index in [4.69, 9.17) is 5.11 Å². The summed E-state index contributed by atoms with van der Waals surface area (Å²) in [4.78, 5) is 21.3. The van der Waals surface area contributed by atoms with E-state index in [1.165, 1.54) is 18.2 Å². The molecule has 18 heavy (non-hydrogen) atoms. The molecule has 0 aromatic heterocycles. The summed E-state index contributed by atoms with van der Waals surface area (Å²) < 4.78 is 0. The number of aromatic carboxylic acids is 1. The minimum atomic E-state index is -1.30. The van der Waals surface area contributed by atoms with Gasteiger partial charge in [-0.2, -0.15) is 0 Å². The van der Waals surface area contributed by atoms with Crippen LogP contribution in [0.1, 0.15) is 23.2 Å². The summed E-state index contributed by atoms with van der Waals surface area (Å²) in [6, 6.07) is 4.36. The fraction of sp³-hybridized carbons (Fsp3) is 0.250. The van der Waals surface area contributed by atoms with Crippen molar-refractivity contribution in [3.8, 4) is 0 Å². The molecule has 94 valence electrons. The van der Waals surface area contributed by atoms with Gasteiger partial charge in [-0.25, -0.2) is 4.79 Å². The van der Waals surface area contributed by atoms with E-state index in [-0.39, 0.29) is 23.0 Å². The molecule has 0 fully saturated rings. The van der Waals surface area contributed by atoms with Gasteiger partial charge in [0.2, 0.25) is 0 Å². The van der Waals surface area contributed by atoms with Crippen LogP contribution in [0.25, 0.3) is 0 Å². The zero-order valence-electron chi connectivity index (χ0n) is 9.50. The maximum Gasteiger partial charge on any atom is 0.342 e. The molecule has 0 saturated heterocycles. The first-order valence-electron chi connectivity index (χ1n) is 5.52. The monoisotopic (exact) mass is 248 g/mol. The number of rotatable bonds is 4. The van der Waals surface area contributed by atoms with Gasteiger partial charge in [-0.1, -0.05) is 18.2 Å². The highest BCUT2D eigenvalue weighted by Crippen LogP contribution is 2.30. The zero-order chi connectivity index (χ0) is 13.1. The first-order chi connectivity index (χ1) is 8.59. The first-order valence-corrected chi connectivity index (χ1v) is 5.52. The molecule has 0 aliphatic heterocycles. The van der Waals surface area contributed by atoms with Crippen LogP contribution in [0.2, 0.25) is 0 Å². The molecule has 1 aliphatic rings. The highest BCUT2D eigenvalue weighted by molar-refractivity contribution is 5.95. The van der Waals surface area contributed by atoms with Crippen molar-refractivity contribution in [1.29, 1.82) is 0 Å². The highest BCUT2D eigenvalue weighted by atomic mass is 16.6. The van der Waals surface area contributed by atoms with Gasteiger partial charge in [0.05, 0.1) is 4.92 Å². The van der Waals surface area contributed by atoms with Crippen molar-refractivity contribution >= 4 is 17.3 Å². The van der Waals surface area contributed by atoms with E-state index in [2.05, 4.69) is 5.32 Å². The predicted octanol–water partition coefficient (Wildman–Crippen LogP) is 2.42. The van der Waals surface area contributed by atoms with Crippen molar-refractivity contribution in [3.05, 3.63) is 46.0 Å². The Morgan fingerprint density at radius 3 is 2.61 bits per heavy atom. The van der Waals surface area contributed by atoms with Gasteiger partial charge >= 0.3 is 11.7 Å². The quantitative estimate of drug-likeness (QED) is 0.485. The van der Waals surface area contributed by atoms with Crippen molar-refractivity contribution in [2.45, 2.75) is 18.9 Å². The SMILES string of the molecule is O=C(O)c1cccc(NC2CC=CC2)c1[N+](=O)[O-]. The minimum absolute atomic E-state index is 0.0905. The topological polar surface area (TPSA) is 92.5 Å². The summed E-state index contributed by atoms with van der Waals surface area (Å²) in [6.07, 6.45) is 5.55. The van der Waals surface area contributed by atoms with Crippen molar-refractivity contribution < 1.29 is 14.8 Å². The Kier molecular flexibility index (Phi) is 3.27. The second kappa shape index (κ2) is 4.87. The molecule has 6 heteroatoms. The number of nitro benzene ring substituents is 1. The van der Waals surface area contributed by atoms with Gasteiger partial charge < -0.3 is 10.4 Å². The number of carbonyl (C=O) groups is 1. The first kappa shape index (κ1) is 12.1. The Bertz CT molecular complexity index is 517. The molecule has 0 radical (unpaired) electrons. The highest BCUT2D eigenvalue weighted by Gasteiger charge is 2.25. The van der Waals surface area contributed by atoms with E-state index in [0.717, 1.165) is 12.8 Å². The van der Waals surface area contributed by atoms with Crippen LogP contribution in [-0.2, 0) is 0 Å². The fourth-order valence-corrected chi connectivity index (χ4v) is 1.98. The van der Waals surface area contributed by atoms with Crippen LogP contribution >= 0.6 is 0 Å². The van der Waals surface area contributed by atoms with Crippen LogP contribution < -0.4 is 5.32 Å². The van der Waals surface area contributed by atoms with Crippen molar-refractivity contribution in [3.63, 3.8) is 0 Å². The van der Waals surface area contributed by atoms with E-state index in [1.807, 2.05) is 12.2 Å². The van der Waals surface area contributed by atoms with Crippen LogP contribution in [-0.4, -0.2) is 22.0 Å². The van der Waals surface area contributed by atoms with Gasteiger partial charge in [-0.3, -0.25) is 10.1 Å². The number of nitro groups is 1. The number of hydrogen-bond acceptors (Lipinski definition) is 4. The summed E-state index contributed by atoms with van der Waals surface area (Å²) in [5.41, 5.74) is -0.415. The molecule has 0 amide bonds. The van der Waals surface area contributed by atoms with Gasteiger partial charge in [0.15, 0.2) is 0 Å². The van der Waals surface area contributed by atoms with E-state index in [1.54, 1.807) is 0 Å². The van der Waals surface area contributed by atoms with E-state index >= 15 is 0 Å². The summed E-state index contributed by atoms with van der Waals surface area (Å²) in [5.74, 6) is -1.30. The zero-order valence-corrected chi connectivity index (χ0v) is 9.50. The maximum absolute atomic E-state index is 11.0. The Labute approximate surface area is 103 Å². The van der Waals surface area contributed by atoms with Gasteiger partial charge in [-0.05, 0) is 25.0 Å². The molecule has 1 aliphatic carbocycles. The summed E-state index contributed by atoms with van der Waals surface area (Å²) >= 11 is 0. The molecule has 2 N–H and O–H groups in total. The van der Waals surface area contributed by atoms with E-state index < -0.39 is 10.9 Å². The number of nitrogens with one attached hydrogen (secondary N) is 1. The fourth-order valence-electron chi connectivity index (χ4n) is 1.98. The molecule has 0 unspecified atom stereocenters. The average molecular weight is 248 g/mol. The third-order valence-electron chi connectivity index (χ3n) is 2.82. The molecule has 0 atom stereocenters. The number of carboxylic acid groups (broad SMARTS) is 1. The van der Waals surface area contributed by atoms with Crippen LogP contribution in [0.3, 0.4) is 0 Å². The molecule has 1 aromatic rings. The van der Waals surface area contributed by atoms with Crippen molar-refractivity contribution in [2.75, 3.05) is 5.32 Å². The van der Waals surface area contributed by atoms with Gasteiger partial charge in [0, 0.05) is 6.04 Å². The predicted molar refractivity (Wildman–Crippen MR) is 65.8 cm³/mol. The second-order valence-corrected chi connectivity index (χ2v) is 4.05. The summed E-state index contributed by atoms with van der Waals surface area (Å²) in [7, 11) is 0. The van der Waals surface area contributed by atoms with Gasteiger partial charge in [-0.15, -0.1) is 0 Å². The molecule has 0 bridgehead atoms. The smallest absolute Gasteiger partial charge is 0.342 e. The third kappa shape index (κ3) is 2.32. The molecule has 0 heterocycles. The van der Waals surface area contributed by atoms with Crippen LogP contribution in [0.4, 0.5) is 11.4 Å². The number of carboxylic acids is 1. The van der Waals surface area contributed by atoms with E-state index in [9.17, 15) is 14.9 Å². The largest absolute Gasteiger partial charge is 0.477 e. The molecular formula is C12H12N2O4. The Morgan fingerprint density at radius 2 is 2.06 bits per heavy atom. The molecular weight excluding hydrogens is 236 g/mol. The van der Waals surface area contributed by atoms with E-state index in [0.29, 0.717) is 0 Å². The molecule has 0 saturated carbocycles. The normalized spacial score (nSPS) is 14.7. The second-order valence-electron chi connectivity index (χ2n) is 4.05. The van der Waals surface area contributed by atoms with Crippen LogP contribution in [0.5, 0.6) is 0 Å². The summed E-state index contributed by atoms with van der Waals surface area (Å²) in [5, 5.41) is 23.0. The standard InChI is InChI=1S/C12H12N2O4/c15-12(16)9-6-3-7-10(11(9)14(17)18)13-8-4-1-2-5-8/h1-3,6-8,13H,4-5H2,(H,15,16). The molecule has 0 spiro atoms. The number of para-hydroxylation sites is 1. The molecule has 2 rings (SSSR count).